The van der Waals surface area contributed by atoms with E-state index in [1.165, 1.54) is 5.56 Å². The van der Waals surface area contributed by atoms with Crippen LogP contribution in [-0.2, 0) is 6.42 Å². The Balaban J connectivity index is 1.95. The van der Waals surface area contributed by atoms with Gasteiger partial charge in [0.1, 0.15) is 5.75 Å². The number of pyridine rings is 1. The van der Waals surface area contributed by atoms with Crippen LogP contribution in [0, 0.1) is 0 Å². The van der Waals surface area contributed by atoms with Crippen molar-refractivity contribution < 1.29 is 4.74 Å². The van der Waals surface area contributed by atoms with Crippen molar-refractivity contribution >= 4 is 11.4 Å². The van der Waals surface area contributed by atoms with Crippen molar-refractivity contribution in [3.63, 3.8) is 0 Å². The number of hydrogen-bond donors (Lipinski definition) is 2. The monoisotopic (exact) mass is 243 g/mol. The Bertz CT molecular complexity index is 514. The fourth-order valence-electron chi connectivity index (χ4n) is 1.81. The van der Waals surface area contributed by atoms with Gasteiger partial charge in [-0.25, -0.2) is 0 Å². The van der Waals surface area contributed by atoms with Crippen LogP contribution in [-0.4, -0.2) is 18.6 Å². The standard InChI is InChI=1S/C14H17N3O/c1-18-14-5-3-2-4-11(14)6-9-17-13-7-8-16-10-12(13)15/h2-5,7-8,10H,6,9,15H2,1H3,(H,16,17). The van der Waals surface area contributed by atoms with Gasteiger partial charge in [0, 0.05) is 12.7 Å². The number of nitrogens with zero attached hydrogens (tertiary/aromatic N) is 1. The second-order valence-electron chi connectivity index (χ2n) is 3.95. The lowest BCUT2D eigenvalue weighted by atomic mass is 10.1. The van der Waals surface area contributed by atoms with Crippen molar-refractivity contribution in [3.05, 3.63) is 48.3 Å². The van der Waals surface area contributed by atoms with E-state index in [2.05, 4.69) is 16.4 Å². The van der Waals surface area contributed by atoms with E-state index in [-0.39, 0.29) is 0 Å². The van der Waals surface area contributed by atoms with Gasteiger partial charge in [-0.15, -0.1) is 0 Å². The normalized spacial score (nSPS) is 10.1. The first-order chi connectivity index (χ1) is 8.81. The van der Waals surface area contributed by atoms with Crippen molar-refractivity contribution in [2.45, 2.75) is 6.42 Å². The molecule has 0 unspecified atom stereocenters. The number of methoxy groups -OCH3 is 1. The summed E-state index contributed by atoms with van der Waals surface area (Å²) in [6, 6.07) is 9.89. The van der Waals surface area contributed by atoms with Crippen molar-refractivity contribution in [2.24, 2.45) is 0 Å². The molecule has 0 aliphatic carbocycles. The van der Waals surface area contributed by atoms with E-state index in [1.807, 2.05) is 24.3 Å². The van der Waals surface area contributed by atoms with Crippen molar-refractivity contribution in [2.75, 3.05) is 24.7 Å². The third-order valence-electron chi connectivity index (χ3n) is 2.75. The van der Waals surface area contributed by atoms with Gasteiger partial charge < -0.3 is 15.8 Å². The first-order valence-electron chi connectivity index (χ1n) is 5.86. The van der Waals surface area contributed by atoms with Crippen LogP contribution in [0.25, 0.3) is 0 Å². The first kappa shape index (κ1) is 12.2. The fourth-order valence-corrected chi connectivity index (χ4v) is 1.81. The van der Waals surface area contributed by atoms with Crippen LogP contribution in [0.3, 0.4) is 0 Å². The summed E-state index contributed by atoms with van der Waals surface area (Å²) >= 11 is 0. The highest BCUT2D eigenvalue weighted by molar-refractivity contribution is 5.64. The number of aromatic nitrogens is 1. The van der Waals surface area contributed by atoms with Crippen LogP contribution in [0.2, 0.25) is 0 Å². The molecule has 0 fully saturated rings. The lowest BCUT2D eigenvalue weighted by molar-refractivity contribution is 0.410. The highest BCUT2D eigenvalue weighted by Crippen LogP contribution is 2.19. The summed E-state index contributed by atoms with van der Waals surface area (Å²) in [4.78, 5) is 3.95. The summed E-state index contributed by atoms with van der Waals surface area (Å²) < 4.78 is 5.31. The van der Waals surface area contributed by atoms with Crippen molar-refractivity contribution in [1.29, 1.82) is 0 Å². The minimum Gasteiger partial charge on any atom is -0.496 e. The Morgan fingerprint density at radius 1 is 1.28 bits per heavy atom. The molecule has 0 atom stereocenters. The molecule has 2 aromatic rings. The molecule has 1 heterocycles. The van der Waals surface area contributed by atoms with Crippen LogP contribution in [0.4, 0.5) is 11.4 Å². The van der Waals surface area contributed by atoms with Gasteiger partial charge in [0.05, 0.1) is 24.7 Å². The van der Waals surface area contributed by atoms with Crippen LogP contribution in [0.1, 0.15) is 5.56 Å². The number of rotatable bonds is 5. The van der Waals surface area contributed by atoms with E-state index in [0.717, 1.165) is 24.4 Å². The highest BCUT2D eigenvalue weighted by atomic mass is 16.5. The van der Waals surface area contributed by atoms with E-state index in [0.29, 0.717) is 5.69 Å². The number of benzene rings is 1. The maximum absolute atomic E-state index is 5.81. The highest BCUT2D eigenvalue weighted by Gasteiger charge is 2.02. The third-order valence-corrected chi connectivity index (χ3v) is 2.75. The molecule has 0 aliphatic rings. The van der Waals surface area contributed by atoms with E-state index in [1.54, 1.807) is 19.5 Å². The molecule has 1 aromatic heterocycles. The van der Waals surface area contributed by atoms with Gasteiger partial charge in [-0.05, 0) is 24.1 Å². The minimum atomic E-state index is 0.664. The molecule has 0 saturated carbocycles. The molecule has 0 spiro atoms. The fraction of sp³-hybridized carbons (Fsp3) is 0.214. The predicted molar refractivity (Wildman–Crippen MR) is 73.8 cm³/mol. The molecular weight excluding hydrogens is 226 g/mol. The van der Waals surface area contributed by atoms with Gasteiger partial charge in [0.2, 0.25) is 0 Å². The van der Waals surface area contributed by atoms with E-state index in [9.17, 15) is 0 Å². The first-order valence-corrected chi connectivity index (χ1v) is 5.86. The summed E-state index contributed by atoms with van der Waals surface area (Å²) in [5.74, 6) is 0.919. The summed E-state index contributed by atoms with van der Waals surface area (Å²) in [5, 5.41) is 3.29. The maximum atomic E-state index is 5.81. The Kier molecular flexibility index (Phi) is 4.02. The Morgan fingerprint density at radius 3 is 2.89 bits per heavy atom. The van der Waals surface area contributed by atoms with Gasteiger partial charge >= 0.3 is 0 Å². The number of nitrogen functional groups attached to an aromatic ring is 1. The Hall–Kier alpha value is -2.23. The minimum absolute atomic E-state index is 0.664. The summed E-state index contributed by atoms with van der Waals surface area (Å²) in [6.07, 6.45) is 4.25. The Morgan fingerprint density at radius 2 is 2.11 bits per heavy atom. The number of ether oxygens (including phenoxy) is 1. The van der Waals surface area contributed by atoms with Gasteiger partial charge in [-0.2, -0.15) is 0 Å². The lowest BCUT2D eigenvalue weighted by Gasteiger charge is -2.10. The number of para-hydroxylation sites is 1. The summed E-state index contributed by atoms with van der Waals surface area (Å²) in [5.41, 5.74) is 8.57. The molecule has 0 aliphatic heterocycles. The van der Waals surface area contributed by atoms with Crippen molar-refractivity contribution in [3.8, 4) is 5.75 Å². The zero-order valence-corrected chi connectivity index (χ0v) is 10.4. The molecule has 94 valence electrons. The largest absolute Gasteiger partial charge is 0.496 e. The van der Waals surface area contributed by atoms with Gasteiger partial charge in [-0.3, -0.25) is 4.98 Å². The molecule has 4 nitrogen and oxygen atoms in total. The molecule has 2 rings (SSSR count). The molecule has 0 amide bonds. The maximum Gasteiger partial charge on any atom is 0.122 e. The van der Waals surface area contributed by atoms with Crippen LogP contribution >= 0.6 is 0 Å². The molecule has 0 bridgehead atoms. The molecule has 0 radical (unpaired) electrons. The van der Waals surface area contributed by atoms with Gasteiger partial charge in [0.15, 0.2) is 0 Å². The topological polar surface area (TPSA) is 60.2 Å². The third kappa shape index (κ3) is 2.91. The summed E-state index contributed by atoms with van der Waals surface area (Å²) in [7, 11) is 1.69. The molecule has 4 heteroatoms. The van der Waals surface area contributed by atoms with Crippen molar-refractivity contribution in [1.82, 2.24) is 4.98 Å². The number of nitrogens with one attached hydrogen (secondary N) is 1. The molecule has 3 N–H and O–H groups in total. The quantitative estimate of drug-likeness (QED) is 0.846. The molecule has 1 aromatic carbocycles. The van der Waals surface area contributed by atoms with Crippen LogP contribution in [0.15, 0.2) is 42.7 Å². The number of nitrogens with two attached hydrogens (primary N) is 1. The average Bonchev–Trinajstić information content (AvgIpc) is 2.41. The molecule has 18 heavy (non-hydrogen) atoms. The van der Waals surface area contributed by atoms with E-state index >= 15 is 0 Å². The van der Waals surface area contributed by atoms with E-state index < -0.39 is 0 Å². The number of hydrogen-bond acceptors (Lipinski definition) is 4. The summed E-state index contributed by atoms with van der Waals surface area (Å²) in [6.45, 7) is 0.800. The predicted octanol–water partition coefficient (Wildman–Crippen LogP) is 2.33. The molecule has 0 saturated heterocycles. The van der Waals surface area contributed by atoms with Gasteiger partial charge in [0.25, 0.3) is 0 Å². The van der Waals surface area contributed by atoms with Gasteiger partial charge in [-0.1, -0.05) is 18.2 Å². The average molecular weight is 243 g/mol. The second kappa shape index (κ2) is 5.91. The lowest BCUT2D eigenvalue weighted by Crippen LogP contribution is -2.07. The Labute approximate surface area is 107 Å². The smallest absolute Gasteiger partial charge is 0.122 e. The van der Waals surface area contributed by atoms with Crippen LogP contribution in [0.5, 0.6) is 5.75 Å². The zero-order chi connectivity index (χ0) is 12.8. The number of anilines is 2. The zero-order valence-electron chi connectivity index (χ0n) is 10.4. The van der Waals surface area contributed by atoms with Crippen LogP contribution < -0.4 is 15.8 Å². The SMILES string of the molecule is COc1ccccc1CCNc1ccncc1N. The van der Waals surface area contributed by atoms with E-state index in [4.69, 9.17) is 10.5 Å². The second-order valence-corrected chi connectivity index (χ2v) is 3.95. The molecular formula is C14H17N3O.